The molecule has 0 heterocycles. The molecular formula is C15H20ClF3N2O2. The van der Waals surface area contributed by atoms with Crippen LogP contribution >= 0.6 is 12.4 Å². The van der Waals surface area contributed by atoms with E-state index >= 15 is 0 Å². The van der Waals surface area contributed by atoms with Gasteiger partial charge >= 0.3 is 6.18 Å². The van der Waals surface area contributed by atoms with Crippen LogP contribution in [0.3, 0.4) is 0 Å². The Hall–Kier alpha value is -1.47. The van der Waals surface area contributed by atoms with Gasteiger partial charge in [0.05, 0.1) is 6.54 Å². The summed E-state index contributed by atoms with van der Waals surface area (Å²) in [7, 11) is 0. The standard InChI is InChI=1S/C15H19F3N2O2.ClH/c1-10-6-12(4-5-13(10)22-9-15(16,17)18)20-14(21)8-19-7-11-2-3-11;/h4-6,11,19H,2-3,7-9H2,1H3,(H,20,21);1H. The fraction of sp³-hybridized carbons (Fsp3) is 0.533. The maximum absolute atomic E-state index is 12.1. The number of halogens is 4. The van der Waals surface area contributed by atoms with E-state index in [1.807, 2.05) is 0 Å². The van der Waals surface area contributed by atoms with Crippen LogP contribution in [0.25, 0.3) is 0 Å². The van der Waals surface area contributed by atoms with Gasteiger partial charge in [0.1, 0.15) is 5.75 Å². The molecule has 1 aromatic carbocycles. The summed E-state index contributed by atoms with van der Waals surface area (Å²) in [6.07, 6.45) is -1.94. The van der Waals surface area contributed by atoms with Crippen molar-refractivity contribution < 1.29 is 22.7 Å². The van der Waals surface area contributed by atoms with E-state index < -0.39 is 12.8 Å². The molecule has 2 rings (SSSR count). The van der Waals surface area contributed by atoms with Crippen LogP contribution in [0.15, 0.2) is 18.2 Å². The average molecular weight is 353 g/mol. The van der Waals surface area contributed by atoms with E-state index in [1.165, 1.54) is 25.0 Å². The van der Waals surface area contributed by atoms with Gasteiger partial charge in [0.15, 0.2) is 6.61 Å². The number of amides is 1. The molecule has 0 saturated heterocycles. The first-order chi connectivity index (χ1) is 10.3. The van der Waals surface area contributed by atoms with Crippen molar-refractivity contribution in [2.45, 2.75) is 25.9 Å². The Bertz CT molecular complexity index is 534. The van der Waals surface area contributed by atoms with E-state index in [-0.39, 0.29) is 30.6 Å². The molecule has 1 aliphatic carbocycles. The number of anilines is 1. The van der Waals surface area contributed by atoms with E-state index in [9.17, 15) is 18.0 Å². The summed E-state index contributed by atoms with van der Waals surface area (Å²) >= 11 is 0. The van der Waals surface area contributed by atoms with Crippen LogP contribution in [0.5, 0.6) is 5.75 Å². The monoisotopic (exact) mass is 352 g/mol. The molecular weight excluding hydrogens is 333 g/mol. The highest BCUT2D eigenvalue weighted by Crippen LogP contribution is 2.27. The molecule has 1 saturated carbocycles. The molecule has 0 aromatic heterocycles. The Morgan fingerprint density at radius 1 is 1.35 bits per heavy atom. The maximum Gasteiger partial charge on any atom is 0.422 e. The summed E-state index contributed by atoms with van der Waals surface area (Å²) in [5, 5.41) is 5.77. The zero-order valence-corrected chi connectivity index (χ0v) is 13.5. The van der Waals surface area contributed by atoms with Gasteiger partial charge in [0.2, 0.25) is 5.91 Å². The molecule has 2 N–H and O–H groups in total. The van der Waals surface area contributed by atoms with Gasteiger partial charge in [-0.2, -0.15) is 13.2 Å². The molecule has 1 aliphatic rings. The third-order valence-electron chi connectivity index (χ3n) is 3.27. The smallest absolute Gasteiger partial charge is 0.422 e. The molecule has 4 nitrogen and oxygen atoms in total. The Kier molecular flexibility index (Phi) is 7.15. The first kappa shape index (κ1) is 19.6. The molecule has 0 unspecified atom stereocenters. The van der Waals surface area contributed by atoms with E-state index in [0.29, 0.717) is 17.2 Å². The second kappa shape index (κ2) is 8.40. The van der Waals surface area contributed by atoms with Crippen molar-refractivity contribution in [2.75, 3.05) is 25.0 Å². The molecule has 130 valence electrons. The normalized spacial score (nSPS) is 14.1. The summed E-state index contributed by atoms with van der Waals surface area (Å²) in [5.41, 5.74) is 1.07. The minimum absolute atomic E-state index is 0. The van der Waals surface area contributed by atoms with Crippen LogP contribution in [0.2, 0.25) is 0 Å². The molecule has 0 radical (unpaired) electrons. The quantitative estimate of drug-likeness (QED) is 0.791. The second-order valence-electron chi connectivity index (χ2n) is 5.51. The van der Waals surface area contributed by atoms with Gasteiger partial charge in [0.25, 0.3) is 0 Å². The molecule has 0 spiro atoms. The number of nitrogens with one attached hydrogen (secondary N) is 2. The SMILES string of the molecule is Cc1cc(NC(=O)CNCC2CC2)ccc1OCC(F)(F)F.Cl. The molecule has 0 atom stereocenters. The lowest BCUT2D eigenvalue weighted by Crippen LogP contribution is -2.29. The van der Waals surface area contributed by atoms with Crippen molar-refractivity contribution in [1.29, 1.82) is 0 Å². The Labute approximate surface area is 139 Å². The predicted molar refractivity (Wildman–Crippen MR) is 84.2 cm³/mol. The summed E-state index contributed by atoms with van der Waals surface area (Å²) in [5.74, 6) is 0.673. The number of benzene rings is 1. The first-order valence-corrected chi connectivity index (χ1v) is 7.14. The van der Waals surface area contributed by atoms with Crippen molar-refractivity contribution in [3.63, 3.8) is 0 Å². The van der Waals surface area contributed by atoms with Crippen molar-refractivity contribution in [2.24, 2.45) is 5.92 Å². The zero-order chi connectivity index (χ0) is 16.2. The lowest BCUT2D eigenvalue weighted by molar-refractivity contribution is -0.153. The van der Waals surface area contributed by atoms with Gasteiger partial charge < -0.3 is 15.4 Å². The van der Waals surface area contributed by atoms with E-state index in [4.69, 9.17) is 4.74 Å². The van der Waals surface area contributed by atoms with Gasteiger partial charge in [-0.05, 0) is 56.0 Å². The number of aryl methyl sites for hydroxylation is 1. The summed E-state index contributed by atoms with van der Waals surface area (Å²) in [6, 6.07) is 4.54. The van der Waals surface area contributed by atoms with Crippen molar-refractivity contribution in [1.82, 2.24) is 5.32 Å². The van der Waals surface area contributed by atoms with Crippen LogP contribution in [-0.4, -0.2) is 31.8 Å². The molecule has 0 bridgehead atoms. The number of hydrogen-bond donors (Lipinski definition) is 2. The van der Waals surface area contributed by atoms with Crippen LogP contribution in [0, 0.1) is 12.8 Å². The van der Waals surface area contributed by atoms with Gasteiger partial charge in [-0.25, -0.2) is 0 Å². The van der Waals surface area contributed by atoms with Crippen LogP contribution < -0.4 is 15.4 Å². The Morgan fingerprint density at radius 3 is 2.61 bits per heavy atom. The van der Waals surface area contributed by atoms with E-state index in [2.05, 4.69) is 10.6 Å². The summed E-state index contributed by atoms with van der Waals surface area (Å²) < 4.78 is 41.1. The van der Waals surface area contributed by atoms with E-state index in [0.717, 1.165) is 6.54 Å². The highest BCUT2D eigenvalue weighted by molar-refractivity contribution is 5.92. The second-order valence-corrected chi connectivity index (χ2v) is 5.51. The van der Waals surface area contributed by atoms with Gasteiger partial charge in [-0.1, -0.05) is 0 Å². The molecule has 1 amide bonds. The highest BCUT2D eigenvalue weighted by Gasteiger charge is 2.28. The van der Waals surface area contributed by atoms with Crippen LogP contribution in [0.4, 0.5) is 18.9 Å². The van der Waals surface area contributed by atoms with Gasteiger partial charge in [-0.3, -0.25) is 4.79 Å². The largest absolute Gasteiger partial charge is 0.484 e. The molecule has 23 heavy (non-hydrogen) atoms. The first-order valence-electron chi connectivity index (χ1n) is 7.14. The molecule has 0 aliphatic heterocycles. The third kappa shape index (κ3) is 7.56. The number of carbonyl (C=O) groups is 1. The summed E-state index contributed by atoms with van der Waals surface area (Å²) in [4.78, 5) is 11.7. The number of ether oxygens (including phenoxy) is 1. The predicted octanol–water partition coefficient (Wildman–Crippen LogP) is 3.30. The van der Waals surface area contributed by atoms with E-state index in [1.54, 1.807) is 13.0 Å². The minimum Gasteiger partial charge on any atom is -0.484 e. The number of hydrogen-bond acceptors (Lipinski definition) is 3. The number of carbonyl (C=O) groups excluding carboxylic acids is 1. The van der Waals surface area contributed by atoms with Crippen molar-refractivity contribution in [3.8, 4) is 5.75 Å². The lowest BCUT2D eigenvalue weighted by atomic mass is 10.2. The van der Waals surface area contributed by atoms with Gasteiger partial charge in [0, 0.05) is 5.69 Å². The average Bonchev–Trinajstić information content (AvgIpc) is 3.21. The lowest BCUT2D eigenvalue weighted by Gasteiger charge is -2.13. The van der Waals surface area contributed by atoms with Crippen LogP contribution in [-0.2, 0) is 4.79 Å². The zero-order valence-electron chi connectivity index (χ0n) is 12.7. The Balaban J connectivity index is 0.00000264. The fourth-order valence-electron chi connectivity index (χ4n) is 1.97. The molecule has 1 aromatic rings. The maximum atomic E-state index is 12.1. The minimum atomic E-state index is -4.37. The highest BCUT2D eigenvalue weighted by atomic mass is 35.5. The molecule has 1 fully saturated rings. The Morgan fingerprint density at radius 2 is 2.04 bits per heavy atom. The van der Waals surface area contributed by atoms with Crippen LogP contribution in [0.1, 0.15) is 18.4 Å². The number of alkyl halides is 3. The molecule has 8 heteroatoms. The van der Waals surface area contributed by atoms with Gasteiger partial charge in [-0.15, -0.1) is 12.4 Å². The number of rotatable bonds is 7. The third-order valence-corrected chi connectivity index (χ3v) is 3.27. The van der Waals surface area contributed by atoms with Crippen molar-refractivity contribution >= 4 is 24.0 Å². The summed E-state index contributed by atoms with van der Waals surface area (Å²) in [6.45, 7) is 1.37. The van der Waals surface area contributed by atoms with Crippen molar-refractivity contribution in [3.05, 3.63) is 23.8 Å². The topological polar surface area (TPSA) is 50.4 Å². The fourth-order valence-corrected chi connectivity index (χ4v) is 1.97.